The van der Waals surface area contributed by atoms with Gasteiger partial charge in [0, 0.05) is 36.4 Å². The maximum absolute atomic E-state index is 9.58. The molecule has 4 aromatic rings. The Balaban J connectivity index is 1.52. The summed E-state index contributed by atoms with van der Waals surface area (Å²) in [5.41, 5.74) is 8.49. The summed E-state index contributed by atoms with van der Waals surface area (Å²) in [6.07, 6.45) is 0.842. The minimum Gasteiger partial charge on any atom is -0.488 e. The zero-order valence-corrected chi connectivity index (χ0v) is 22.1. The number of rotatable bonds is 12. The Labute approximate surface area is 225 Å². The molecule has 4 aromatic carbocycles. The molecule has 0 aromatic heterocycles. The summed E-state index contributed by atoms with van der Waals surface area (Å²) >= 11 is 0. The second kappa shape index (κ2) is 13.4. The van der Waals surface area contributed by atoms with E-state index in [1.165, 1.54) is 22.3 Å². The molecule has 0 fully saturated rings. The smallest absolute Gasteiger partial charge is 0.126 e. The van der Waals surface area contributed by atoms with Crippen molar-refractivity contribution < 1.29 is 9.84 Å². The number of nitriles is 1. The van der Waals surface area contributed by atoms with Crippen molar-refractivity contribution in [2.45, 2.75) is 46.0 Å². The highest BCUT2D eigenvalue weighted by Crippen LogP contribution is 2.28. The van der Waals surface area contributed by atoms with E-state index in [2.05, 4.69) is 85.1 Å². The van der Waals surface area contributed by atoms with Gasteiger partial charge in [-0.15, -0.1) is 0 Å². The van der Waals surface area contributed by atoms with Crippen LogP contribution in [-0.2, 0) is 19.7 Å². The van der Waals surface area contributed by atoms with Crippen LogP contribution in [0, 0.1) is 18.3 Å². The molecule has 5 heteroatoms. The molecule has 0 heterocycles. The van der Waals surface area contributed by atoms with Crippen LogP contribution < -0.4 is 15.4 Å². The van der Waals surface area contributed by atoms with E-state index in [1.54, 1.807) is 6.07 Å². The molecule has 194 valence electrons. The van der Waals surface area contributed by atoms with Crippen LogP contribution in [0.25, 0.3) is 11.1 Å². The molecule has 0 amide bonds. The lowest BCUT2D eigenvalue weighted by Crippen LogP contribution is -2.31. The van der Waals surface area contributed by atoms with Crippen LogP contribution in [0.4, 0.5) is 5.69 Å². The maximum Gasteiger partial charge on any atom is 0.126 e. The monoisotopic (exact) mass is 505 g/mol. The summed E-state index contributed by atoms with van der Waals surface area (Å²) in [4.78, 5) is 0. The minimum atomic E-state index is 0.0350. The van der Waals surface area contributed by atoms with Gasteiger partial charge in [-0.3, -0.25) is 0 Å². The quantitative estimate of drug-likeness (QED) is 0.203. The summed E-state index contributed by atoms with van der Waals surface area (Å²) in [5, 5.41) is 25.8. The van der Waals surface area contributed by atoms with Crippen molar-refractivity contribution in [1.29, 1.82) is 5.26 Å². The number of ether oxygens (including phenoxy) is 1. The van der Waals surface area contributed by atoms with E-state index in [1.807, 2.05) is 30.3 Å². The van der Waals surface area contributed by atoms with Gasteiger partial charge in [0.15, 0.2) is 0 Å². The van der Waals surface area contributed by atoms with E-state index in [0.29, 0.717) is 25.3 Å². The van der Waals surface area contributed by atoms with E-state index >= 15 is 0 Å². The largest absolute Gasteiger partial charge is 0.488 e. The summed E-state index contributed by atoms with van der Waals surface area (Å²) in [6.45, 7) is 5.95. The number of aliphatic hydroxyl groups is 1. The first kappa shape index (κ1) is 26.9. The lowest BCUT2D eigenvalue weighted by molar-refractivity contribution is 0.237. The van der Waals surface area contributed by atoms with Crippen LogP contribution in [0.15, 0.2) is 91.0 Å². The summed E-state index contributed by atoms with van der Waals surface area (Å²) in [7, 11) is 0. The van der Waals surface area contributed by atoms with Crippen molar-refractivity contribution in [3.63, 3.8) is 0 Å². The van der Waals surface area contributed by atoms with Crippen LogP contribution >= 0.6 is 0 Å². The molecule has 0 aliphatic rings. The first-order valence-electron chi connectivity index (χ1n) is 13.1. The number of anilines is 1. The summed E-state index contributed by atoms with van der Waals surface area (Å²) in [6, 6.07) is 32.7. The Morgan fingerprint density at radius 2 is 1.71 bits per heavy atom. The molecule has 1 atom stereocenters. The highest BCUT2D eigenvalue weighted by Gasteiger charge is 2.11. The summed E-state index contributed by atoms with van der Waals surface area (Å²) < 4.78 is 6.26. The molecule has 0 saturated carbocycles. The predicted molar refractivity (Wildman–Crippen MR) is 154 cm³/mol. The molecule has 0 aliphatic carbocycles. The van der Waals surface area contributed by atoms with E-state index in [4.69, 9.17) is 4.74 Å². The Bertz CT molecular complexity index is 1370. The molecule has 0 bridgehead atoms. The molecule has 0 aliphatic heterocycles. The van der Waals surface area contributed by atoms with Crippen molar-refractivity contribution >= 4 is 5.69 Å². The SMILES string of the molecule is CCC(CO)NCc1ccc(NCc2cccc(-c3ccccc3)c2C)cc1OCc1cccc(C#N)c1. The standard InChI is InChI=1S/C33H35N3O2/c1-3-30(22-37)35-21-29-15-16-31(18-33(29)38-23-26-10-7-9-25(17-26)19-34)36-20-28-13-8-14-32(24(28)2)27-11-5-4-6-12-27/h4-18,30,35-37H,3,20-23H2,1-2H3. The van der Waals surface area contributed by atoms with Crippen LogP contribution in [0.3, 0.4) is 0 Å². The van der Waals surface area contributed by atoms with E-state index in [9.17, 15) is 10.4 Å². The fourth-order valence-corrected chi connectivity index (χ4v) is 4.43. The predicted octanol–water partition coefficient (Wildman–Crippen LogP) is 6.59. The van der Waals surface area contributed by atoms with Crippen molar-refractivity contribution in [2.24, 2.45) is 0 Å². The zero-order valence-electron chi connectivity index (χ0n) is 22.1. The average molecular weight is 506 g/mol. The van der Waals surface area contributed by atoms with Gasteiger partial charge >= 0.3 is 0 Å². The highest BCUT2D eigenvalue weighted by molar-refractivity contribution is 5.68. The lowest BCUT2D eigenvalue weighted by atomic mass is 9.96. The molecule has 3 N–H and O–H groups in total. The fourth-order valence-electron chi connectivity index (χ4n) is 4.43. The second-order valence-electron chi connectivity index (χ2n) is 9.40. The molecule has 1 unspecified atom stereocenters. The van der Waals surface area contributed by atoms with Crippen LogP contribution in [0.1, 0.15) is 41.2 Å². The third kappa shape index (κ3) is 7.01. The van der Waals surface area contributed by atoms with Gasteiger partial charge in [0.25, 0.3) is 0 Å². The Kier molecular flexibility index (Phi) is 9.53. The minimum absolute atomic E-state index is 0.0350. The van der Waals surface area contributed by atoms with Crippen molar-refractivity contribution in [3.05, 3.63) is 119 Å². The van der Waals surface area contributed by atoms with Gasteiger partial charge in [0.1, 0.15) is 12.4 Å². The van der Waals surface area contributed by atoms with E-state index < -0.39 is 0 Å². The van der Waals surface area contributed by atoms with E-state index in [0.717, 1.165) is 29.0 Å². The van der Waals surface area contributed by atoms with E-state index in [-0.39, 0.29) is 12.6 Å². The molecular formula is C33H35N3O2. The van der Waals surface area contributed by atoms with Gasteiger partial charge in [0.2, 0.25) is 0 Å². The van der Waals surface area contributed by atoms with Crippen molar-refractivity contribution in [1.82, 2.24) is 5.32 Å². The van der Waals surface area contributed by atoms with Crippen molar-refractivity contribution in [2.75, 3.05) is 11.9 Å². The third-order valence-corrected chi connectivity index (χ3v) is 6.83. The number of aliphatic hydroxyl groups excluding tert-OH is 1. The number of nitrogens with one attached hydrogen (secondary N) is 2. The van der Waals surface area contributed by atoms with Gasteiger partial charge < -0.3 is 20.5 Å². The molecule has 38 heavy (non-hydrogen) atoms. The number of benzene rings is 4. The maximum atomic E-state index is 9.58. The van der Waals surface area contributed by atoms with Crippen molar-refractivity contribution in [3.8, 4) is 22.9 Å². The highest BCUT2D eigenvalue weighted by atomic mass is 16.5. The average Bonchev–Trinajstić information content (AvgIpc) is 2.97. The molecule has 5 nitrogen and oxygen atoms in total. The van der Waals surface area contributed by atoms with Gasteiger partial charge in [-0.1, -0.05) is 73.7 Å². The third-order valence-electron chi connectivity index (χ3n) is 6.83. The fraction of sp³-hybridized carbons (Fsp3) is 0.242. The lowest BCUT2D eigenvalue weighted by Gasteiger charge is -2.18. The molecule has 0 spiro atoms. The first-order chi connectivity index (χ1) is 18.6. The van der Waals surface area contributed by atoms with Gasteiger partial charge in [0.05, 0.1) is 18.2 Å². The Hall–Kier alpha value is -4.11. The summed E-state index contributed by atoms with van der Waals surface area (Å²) in [5.74, 6) is 0.771. The topological polar surface area (TPSA) is 77.3 Å². The molecule has 0 radical (unpaired) electrons. The van der Waals surface area contributed by atoms with Gasteiger partial charge in [-0.25, -0.2) is 0 Å². The second-order valence-corrected chi connectivity index (χ2v) is 9.40. The molecular weight excluding hydrogens is 470 g/mol. The van der Waals surface area contributed by atoms with Gasteiger partial charge in [-0.2, -0.15) is 5.26 Å². The van der Waals surface area contributed by atoms with Crippen LogP contribution in [0.5, 0.6) is 5.75 Å². The van der Waals surface area contributed by atoms with Crippen LogP contribution in [-0.4, -0.2) is 17.8 Å². The molecule has 4 rings (SSSR count). The Morgan fingerprint density at radius 3 is 2.47 bits per heavy atom. The normalized spacial score (nSPS) is 11.5. The number of hydrogen-bond acceptors (Lipinski definition) is 5. The molecule has 0 saturated heterocycles. The zero-order chi connectivity index (χ0) is 26.7. The van der Waals surface area contributed by atoms with Gasteiger partial charge in [-0.05, 0) is 59.4 Å². The first-order valence-corrected chi connectivity index (χ1v) is 13.1. The Morgan fingerprint density at radius 1 is 0.895 bits per heavy atom. The number of hydrogen-bond donors (Lipinski definition) is 3. The number of nitrogens with zero attached hydrogens (tertiary/aromatic N) is 1. The van der Waals surface area contributed by atoms with Crippen LogP contribution in [0.2, 0.25) is 0 Å².